The van der Waals surface area contributed by atoms with Crippen molar-refractivity contribution >= 4 is 0 Å². The summed E-state index contributed by atoms with van der Waals surface area (Å²) in [5.41, 5.74) is 0. The molecule has 0 spiro atoms. The van der Waals surface area contributed by atoms with Crippen LogP contribution in [0.3, 0.4) is 0 Å². The zero-order chi connectivity index (χ0) is 11.5. The quantitative estimate of drug-likeness (QED) is 0.549. The van der Waals surface area contributed by atoms with Crippen molar-refractivity contribution in [3.63, 3.8) is 0 Å². The van der Waals surface area contributed by atoms with Gasteiger partial charge < -0.3 is 10.4 Å². The van der Waals surface area contributed by atoms with E-state index in [1.165, 1.54) is 25.7 Å². The molecule has 2 nitrogen and oxygen atoms in total. The minimum atomic E-state index is -0.0949. The Morgan fingerprint density at radius 3 is 2.27 bits per heavy atom. The molecule has 0 bridgehead atoms. The van der Waals surface area contributed by atoms with Gasteiger partial charge in [-0.1, -0.05) is 33.6 Å². The summed E-state index contributed by atoms with van der Waals surface area (Å²) in [6.07, 6.45) is 7.94. The Labute approximate surface area is 95.5 Å². The molecule has 15 heavy (non-hydrogen) atoms. The fourth-order valence-corrected chi connectivity index (χ4v) is 1.75. The van der Waals surface area contributed by atoms with Gasteiger partial charge >= 0.3 is 0 Å². The molecule has 0 heterocycles. The number of hydrogen-bond acceptors (Lipinski definition) is 2. The fourth-order valence-electron chi connectivity index (χ4n) is 1.75. The van der Waals surface area contributed by atoms with Gasteiger partial charge in [0.25, 0.3) is 0 Å². The monoisotopic (exact) mass is 215 g/mol. The van der Waals surface area contributed by atoms with Gasteiger partial charge in [-0.2, -0.15) is 0 Å². The van der Waals surface area contributed by atoms with Gasteiger partial charge in [0.15, 0.2) is 0 Å². The summed E-state index contributed by atoms with van der Waals surface area (Å²) in [6, 6.07) is 0.684. The predicted molar refractivity (Wildman–Crippen MR) is 67.1 cm³/mol. The molecule has 0 fully saturated rings. The summed E-state index contributed by atoms with van der Waals surface area (Å²) in [6.45, 7) is 7.58. The first kappa shape index (κ1) is 14.9. The minimum absolute atomic E-state index is 0.0949. The van der Waals surface area contributed by atoms with Crippen LogP contribution in [0.5, 0.6) is 0 Å². The van der Waals surface area contributed by atoms with E-state index in [0.29, 0.717) is 6.04 Å². The third-order valence-corrected chi connectivity index (χ3v) is 3.02. The topological polar surface area (TPSA) is 32.3 Å². The Morgan fingerprint density at radius 2 is 1.73 bits per heavy atom. The standard InChI is InChI=1S/C13H29NO/c1-4-7-9-12(5-2)14-11-8-10-13(15)6-3/h12-15H,4-11H2,1-3H3. The van der Waals surface area contributed by atoms with Gasteiger partial charge in [-0.25, -0.2) is 0 Å². The van der Waals surface area contributed by atoms with Crippen LogP contribution in [0.15, 0.2) is 0 Å². The van der Waals surface area contributed by atoms with E-state index in [-0.39, 0.29) is 6.10 Å². The van der Waals surface area contributed by atoms with Crippen molar-refractivity contribution < 1.29 is 5.11 Å². The normalized spacial score (nSPS) is 15.2. The van der Waals surface area contributed by atoms with Crippen molar-refractivity contribution in [1.82, 2.24) is 5.32 Å². The Kier molecular flexibility index (Phi) is 10.4. The van der Waals surface area contributed by atoms with Gasteiger partial charge in [0.1, 0.15) is 0 Å². The van der Waals surface area contributed by atoms with E-state index in [1.807, 2.05) is 6.92 Å². The number of rotatable bonds is 10. The maximum atomic E-state index is 9.39. The number of nitrogens with one attached hydrogen (secondary N) is 1. The van der Waals surface area contributed by atoms with Crippen molar-refractivity contribution in [3.8, 4) is 0 Å². The average molecular weight is 215 g/mol. The van der Waals surface area contributed by atoms with Crippen LogP contribution in [-0.4, -0.2) is 23.8 Å². The number of unbranched alkanes of at least 4 members (excludes halogenated alkanes) is 1. The highest BCUT2D eigenvalue weighted by molar-refractivity contribution is 4.65. The molecule has 2 atom stereocenters. The molecule has 0 amide bonds. The van der Waals surface area contributed by atoms with Gasteiger partial charge in [-0.3, -0.25) is 0 Å². The molecule has 0 aromatic heterocycles. The smallest absolute Gasteiger partial charge is 0.0538 e. The molecule has 0 aromatic rings. The largest absolute Gasteiger partial charge is 0.393 e. The minimum Gasteiger partial charge on any atom is -0.393 e. The Hall–Kier alpha value is -0.0800. The number of aliphatic hydroxyl groups excluding tert-OH is 1. The molecule has 2 unspecified atom stereocenters. The molecule has 0 saturated heterocycles. The van der Waals surface area contributed by atoms with Crippen LogP contribution in [0.25, 0.3) is 0 Å². The lowest BCUT2D eigenvalue weighted by Gasteiger charge is -2.17. The Bertz CT molecular complexity index is 128. The summed E-state index contributed by atoms with van der Waals surface area (Å²) in [7, 11) is 0. The number of aliphatic hydroxyl groups is 1. The van der Waals surface area contributed by atoms with Crippen LogP contribution in [0.2, 0.25) is 0 Å². The van der Waals surface area contributed by atoms with Gasteiger partial charge in [-0.15, -0.1) is 0 Å². The first-order valence-electron chi connectivity index (χ1n) is 6.65. The van der Waals surface area contributed by atoms with E-state index >= 15 is 0 Å². The highest BCUT2D eigenvalue weighted by Crippen LogP contribution is 2.05. The zero-order valence-corrected chi connectivity index (χ0v) is 10.8. The second kappa shape index (κ2) is 10.4. The lowest BCUT2D eigenvalue weighted by molar-refractivity contribution is 0.157. The Morgan fingerprint density at radius 1 is 1.00 bits per heavy atom. The van der Waals surface area contributed by atoms with Crippen LogP contribution in [0.4, 0.5) is 0 Å². The summed E-state index contributed by atoms with van der Waals surface area (Å²) in [5, 5.41) is 13.0. The highest BCUT2D eigenvalue weighted by Gasteiger charge is 2.05. The van der Waals surface area contributed by atoms with E-state index in [0.717, 1.165) is 25.8 Å². The van der Waals surface area contributed by atoms with Gasteiger partial charge in [-0.05, 0) is 38.6 Å². The lowest BCUT2D eigenvalue weighted by Crippen LogP contribution is -2.29. The van der Waals surface area contributed by atoms with E-state index < -0.39 is 0 Å². The maximum Gasteiger partial charge on any atom is 0.0538 e. The SMILES string of the molecule is CCCCC(CC)NCCCC(O)CC. The van der Waals surface area contributed by atoms with Crippen molar-refractivity contribution in [2.45, 2.75) is 77.9 Å². The lowest BCUT2D eigenvalue weighted by atomic mass is 10.1. The predicted octanol–water partition coefficient (Wildman–Crippen LogP) is 3.10. The molecule has 0 rings (SSSR count). The summed E-state index contributed by atoms with van der Waals surface area (Å²) < 4.78 is 0. The van der Waals surface area contributed by atoms with Crippen LogP contribution in [0, 0.1) is 0 Å². The van der Waals surface area contributed by atoms with E-state index in [1.54, 1.807) is 0 Å². The summed E-state index contributed by atoms with van der Waals surface area (Å²) >= 11 is 0. The second-order valence-electron chi connectivity index (χ2n) is 4.41. The average Bonchev–Trinajstić information content (AvgIpc) is 2.27. The van der Waals surface area contributed by atoms with Gasteiger partial charge in [0.05, 0.1) is 6.10 Å². The highest BCUT2D eigenvalue weighted by atomic mass is 16.3. The third kappa shape index (κ3) is 8.88. The van der Waals surface area contributed by atoms with Crippen LogP contribution >= 0.6 is 0 Å². The van der Waals surface area contributed by atoms with Crippen molar-refractivity contribution in [1.29, 1.82) is 0 Å². The van der Waals surface area contributed by atoms with E-state index in [4.69, 9.17) is 0 Å². The maximum absolute atomic E-state index is 9.39. The molecular weight excluding hydrogens is 186 g/mol. The molecule has 92 valence electrons. The molecule has 2 N–H and O–H groups in total. The Balaban J connectivity index is 3.37. The third-order valence-electron chi connectivity index (χ3n) is 3.02. The number of hydrogen-bond donors (Lipinski definition) is 2. The first-order chi connectivity index (χ1) is 7.24. The molecule has 0 radical (unpaired) electrons. The van der Waals surface area contributed by atoms with Crippen molar-refractivity contribution in [2.75, 3.05) is 6.54 Å². The first-order valence-corrected chi connectivity index (χ1v) is 6.65. The molecule has 0 aromatic carbocycles. The van der Waals surface area contributed by atoms with Crippen molar-refractivity contribution in [2.24, 2.45) is 0 Å². The van der Waals surface area contributed by atoms with E-state index in [9.17, 15) is 5.11 Å². The second-order valence-corrected chi connectivity index (χ2v) is 4.41. The van der Waals surface area contributed by atoms with Crippen LogP contribution in [0.1, 0.15) is 65.7 Å². The van der Waals surface area contributed by atoms with Crippen LogP contribution < -0.4 is 5.32 Å². The van der Waals surface area contributed by atoms with E-state index in [2.05, 4.69) is 19.2 Å². The molecule has 2 heteroatoms. The zero-order valence-electron chi connectivity index (χ0n) is 10.8. The van der Waals surface area contributed by atoms with Gasteiger partial charge in [0.2, 0.25) is 0 Å². The van der Waals surface area contributed by atoms with Crippen molar-refractivity contribution in [3.05, 3.63) is 0 Å². The van der Waals surface area contributed by atoms with Crippen LogP contribution in [-0.2, 0) is 0 Å². The molecular formula is C13H29NO. The fraction of sp³-hybridized carbons (Fsp3) is 1.00. The molecule has 0 aliphatic heterocycles. The van der Waals surface area contributed by atoms with Gasteiger partial charge in [0, 0.05) is 6.04 Å². The summed E-state index contributed by atoms with van der Waals surface area (Å²) in [4.78, 5) is 0. The molecule has 0 aliphatic carbocycles. The molecule has 0 saturated carbocycles. The molecule has 0 aliphatic rings. The summed E-state index contributed by atoms with van der Waals surface area (Å²) in [5.74, 6) is 0.